The Balaban J connectivity index is 2.19. The third-order valence-electron chi connectivity index (χ3n) is 2.63. The Morgan fingerprint density at radius 1 is 1.35 bits per heavy atom. The van der Waals surface area contributed by atoms with Gasteiger partial charge in [0.25, 0.3) is 0 Å². The Kier molecular flexibility index (Phi) is 8.46. The molecule has 1 rings (SSSR count). The molecule has 2 amide bonds. The van der Waals surface area contributed by atoms with E-state index in [9.17, 15) is 4.79 Å². The van der Waals surface area contributed by atoms with Gasteiger partial charge in [0.2, 0.25) is 0 Å². The van der Waals surface area contributed by atoms with Crippen LogP contribution in [0.1, 0.15) is 45.2 Å². The van der Waals surface area contributed by atoms with E-state index in [-0.39, 0.29) is 6.03 Å². The third kappa shape index (κ3) is 7.13. The number of carbonyl (C=O) groups is 1. The highest BCUT2D eigenvalue weighted by Gasteiger charge is 2.01. The molecule has 0 radical (unpaired) electrons. The summed E-state index contributed by atoms with van der Waals surface area (Å²) in [4.78, 5) is 15.6. The average molecular weight is 294 g/mol. The molecule has 0 atom stereocenters. The lowest BCUT2D eigenvalue weighted by Crippen LogP contribution is -2.28. The van der Waals surface area contributed by atoms with Crippen molar-refractivity contribution in [3.8, 4) is 0 Å². The van der Waals surface area contributed by atoms with E-state index < -0.39 is 0 Å². The number of carbonyl (C=O) groups excluding carboxylic acids is 1. The smallest absolute Gasteiger partial charge is 0.280 e. The number of aromatic nitrogens is 1. The molecular weight excluding hydrogens is 272 g/mol. The maximum atomic E-state index is 11.5. The molecule has 0 unspecified atom stereocenters. The van der Waals surface area contributed by atoms with Crippen molar-refractivity contribution in [2.75, 3.05) is 5.75 Å². The van der Waals surface area contributed by atoms with Crippen molar-refractivity contribution in [2.45, 2.75) is 39.5 Å². The standard InChI is InChI=1S/C14H22N4OS/c1-3-4-5-8-11-20-18-14(19)17-16-12(2)13-9-6-7-10-15-13/h6-7,9-10H,3-5,8,11H2,1-2H3,(H2,17,18,19)/b16-12+. The van der Waals surface area contributed by atoms with Crippen LogP contribution in [0.4, 0.5) is 4.79 Å². The number of urea groups is 1. The second-order valence-corrected chi connectivity index (χ2v) is 5.27. The van der Waals surface area contributed by atoms with E-state index in [2.05, 4.69) is 27.2 Å². The summed E-state index contributed by atoms with van der Waals surface area (Å²) in [5.74, 6) is 0.927. The van der Waals surface area contributed by atoms with Crippen LogP contribution in [-0.2, 0) is 0 Å². The molecule has 1 aromatic rings. The maximum absolute atomic E-state index is 11.5. The van der Waals surface area contributed by atoms with Crippen molar-refractivity contribution in [3.63, 3.8) is 0 Å². The van der Waals surface area contributed by atoms with E-state index >= 15 is 0 Å². The van der Waals surface area contributed by atoms with Gasteiger partial charge in [-0.2, -0.15) is 5.10 Å². The summed E-state index contributed by atoms with van der Waals surface area (Å²) in [7, 11) is 0. The number of nitrogens with one attached hydrogen (secondary N) is 2. The fourth-order valence-corrected chi connectivity index (χ4v) is 2.14. The minimum Gasteiger partial charge on any atom is -0.280 e. The van der Waals surface area contributed by atoms with E-state index in [1.54, 1.807) is 13.1 Å². The second-order valence-electron chi connectivity index (χ2n) is 4.36. The Hall–Kier alpha value is -1.56. The molecule has 0 aromatic carbocycles. The summed E-state index contributed by atoms with van der Waals surface area (Å²) >= 11 is 1.41. The Morgan fingerprint density at radius 2 is 2.20 bits per heavy atom. The molecule has 0 saturated carbocycles. The fraction of sp³-hybridized carbons (Fsp3) is 0.500. The third-order valence-corrected chi connectivity index (χ3v) is 3.45. The summed E-state index contributed by atoms with van der Waals surface area (Å²) in [6.07, 6.45) is 6.50. The van der Waals surface area contributed by atoms with E-state index in [0.717, 1.165) is 17.9 Å². The molecule has 110 valence electrons. The van der Waals surface area contributed by atoms with Gasteiger partial charge in [0.1, 0.15) is 0 Å². The lowest BCUT2D eigenvalue weighted by molar-refractivity contribution is 0.247. The van der Waals surface area contributed by atoms with Crippen LogP contribution in [-0.4, -0.2) is 22.5 Å². The van der Waals surface area contributed by atoms with Gasteiger partial charge in [-0.15, -0.1) is 0 Å². The Bertz CT molecular complexity index is 422. The van der Waals surface area contributed by atoms with Gasteiger partial charge in [-0.1, -0.05) is 32.3 Å². The van der Waals surface area contributed by atoms with Crippen LogP contribution in [0.3, 0.4) is 0 Å². The number of amides is 2. The maximum Gasteiger partial charge on any atom is 0.345 e. The molecule has 0 aliphatic rings. The van der Waals surface area contributed by atoms with Gasteiger partial charge >= 0.3 is 6.03 Å². The summed E-state index contributed by atoms with van der Waals surface area (Å²) in [5, 5.41) is 4.00. The first-order chi connectivity index (χ1) is 9.74. The highest BCUT2D eigenvalue weighted by molar-refractivity contribution is 7.97. The largest absolute Gasteiger partial charge is 0.345 e. The minimum atomic E-state index is -0.305. The molecule has 20 heavy (non-hydrogen) atoms. The monoisotopic (exact) mass is 294 g/mol. The molecule has 0 fully saturated rings. The van der Waals surface area contributed by atoms with Crippen LogP contribution in [0.2, 0.25) is 0 Å². The Labute approximate surface area is 124 Å². The molecule has 5 nitrogen and oxygen atoms in total. The molecule has 0 aliphatic carbocycles. The van der Waals surface area contributed by atoms with Crippen LogP contribution in [0.25, 0.3) is 0 Å². The molecule has 2 N–H and O–H groups in total. The second kappa shape index (κ2) is 10.3. The zero-order valence-corrected chi connectivity index (χ0v) is 12.9. The first-order valence-corrected chi connectivity index (χ1v) is 7.86. The predicted octanol–water partition coefficient (Wildman–Crippen LogP) is 3.33. The number of hydrogen-bond donors (Lipinski definition) is 2. The van der Waals surface area contributed by atoms with Crippen LogP contribution in [0.5, 0.6) is 0 Å². The van der Waals surface area contributed by atoms with E-state index in [4.69, 9.17) is 0 Å². The average Bonchev–Trinajstić information content (AvgIpc) is 2.49. The molecule has 0 spiro atoms. The van der Waals surface area contributed by atoms with Crippen molar-refractivity contribution >= 4 is 23.7 Å². The molecule has 0 aliphatic heterocycles. The number of unbranched alkanes of at least 4 members (excludes halogenated alkanes) is 3. The highest BCUT2D eigenvalue weighted by Crippen LogP contribution is 2.04. The van der Waals surface area contributed by atoms with Crippen molar-refractivity contribution < 1.29 is 4.79 Å². The molecule has 1 heterocycles. The molecule has 0 bridgehead atoms. The van der Waals surface area contributed by atoms with Gasteiger partial charge < -0.3 is 0 Å². The van der Waals surface area contributed by atoms with E-state index in [1.807, 2.05) is 18.2 Å². The summed E-state index contributed by atoms with van der Waals surface area (Å²) < 4.78 is 2.71. The van der Waals surface area contributed by atoms with Crippen LogP contribution in [0.15, 0.2) is 29.5 Å². The van der Waals surface area contributed by atoms with Crippen LogP contribution < -0.4 is 10.1 Å². The minimum absolute atomic E-state index is 0.305. The van der Waals surface area contributed by atoms with Gasteiger partial charge in [-0.25, -0.2) is 10.2 Å². The molecule has 6 heteroatoms. The summed E-state index contributed by atoms with van der Waals surface area (Å²) in [5.41, 5.74) is 3.88. The van der Waals surface area contributed by atoms with Crippen LogP contribution >= 0.6 is 11.9 Å². The van der Waals surface area contributed by atoms with E-state index in [0.29, 0.717) is 5.71 Å². The molecular formula is C14H22N4OS. The predicted molar refractivity (Wildman–Crippen MR) is 84.7 cm³/mol. The zero-order chi connectivity index (χ0) is 14.6. The topological polar surface area (TPSA) is 66.4 Å². The van der Waals surface area contributed by atoms with Gasteiger partial charge in [-0.05, 0) is 37.4 Å². The fourth-order valence-electron chi connectivity index (χ4n) is 1.51. The lowest BCUT2D eigenvalue weighted by atomic mass is 10.2. The number of nitrogens with zero attached hydrogens (tertiary/aromatic N) is 2. The van der Waals surface area contributed by atoms with Crippen molar-refractivity contribution in [3.05, 3.63) is 30.1 Å². The quantitative estimate of drug-likeness (QED) is 0.334. The number of pyridine rings is 1. The summed E-state index contributed by atoms with van der Waals surface area (Å²) in [6.45, 7) is 3.99. The first kappa shape index (κ1) is 16.5. The lowest BCUT2D eigenvalue weighted by Gasteiger charge is -2.04. The summed E-state index contributed by atoms with van der Waals surface area (Å²) in [6, 6.07) is 5.27. The molecule has 0 saturated heterocycles. The van der Waals surface area contributed by atoms with Gasteiger partial charge in [0, 0.05) is 11.9 Å². The number of rotatable bonds is 8. The normalized spacial score (nSPS) is 11.2. The highest BCUT2D eigenvalue weighted by atomic mass is 32.2. The SMILES string of the molecule is CCCCCCSNC(=O)N/N=C(\C)c1ccccn1. The number of hydrazone groups is 1. The van der Waals surface area contributed by atoms with Gasteiger partial charge in [0.05, 0.1) is 11.4 Å². The van der Waals surface area contributed by atoms with Crippen molar-refractivity contribution in [2.24, 2.45) is 5.10 Å². The van der Waals surface area contributed by atoms with Crippen molar-refractivity contribution in [1.82, 2.24) is 15.1 Å². The van der Waals surface area contributed by atoms with Gasteiger partial charge in [0.15, 0.2) is 0 Å². The van der Waals surface area contributed by atoms with E-state index in [1.165, 1.54) is 31.2 Å². The zero-order valence-electron chi connectivity index (χ0n) is 12.1. The van der Waals surface area contributed by atoms with Crippen molar-refractivity contribution in [1.29, 1.82) is 0 Å². The number of hydrogen-bond acceptors (Lipinski definition) is 4. The van der Waals surface area contributed by atoms with Gasteiger partial charge in [-0.3, -0.25) is 9.71 Å². The first-order valence-electron chi connectivity index (χ1n) is 6.87. The van der Waals surface area contributed by atoms with Crippen LogP contribution in [0, 0.1) is 0 Å². The molecule has 1 aromatic heterocycles. The Morgan fingerprint density at radius 3 is 2.90 bits per heavy atom.